The number of carbonyl (C=O) groups is 1. The van der Waals surface area contributed by atoms with Crippen LogP contribution in [-0.2, 0) is 11.3 Å². The van der Waals surface area contributed by atoms with Gasteiger partial charge in [-0.05, 0) is 86.6 Å². The topological polar surface area (TPSA) is 85.6 Å². The van der Waals surface area contributed by atoms with Gasteiger partial charge in [-0.3, -0.25) is 19.2 Å². The third kappa shape index (κ3) is 4.51. The van der Waals surface area contributed by atoms with Crippen molar-refractivity contribution in [3.63, 3.8) is 0 Å². The van der Waals surface area contributed by atoms with Gasteiger partial charge in [-0.2, -0.15) is 4.68 Å². The van der Waals surface area contributed by atoms with Gasteiger partial charge in [0.25, 0.3) is 11.5 Å². The van der Waals surface area contributed by atoms with Crippen LogP contribution in [0.25, 0.3) is 17.0 Å². The van der Waals surface area contributed by atoms with E-state index in [4.69, 9.17) is 9.41 Å². The Labute approximate surface area is 228 Å². The van der Waals surface area contributed by atoms with E-state index in [1.165, 1.54) is 11.8 Å². The van der Waals surface area contributed by atoms with Crippen LogP contribution in [0.5, 0.6) is 0 Å². The van der Waals surface area contributed by atoms with E-state index < -0.39 is 0 Å². The highest BCUT2D eigenvalue weighted by Gasteiger charge is 2.34. The number of aryl methyl sites for hydroxylation is 2. The van der Waals surface area contributed by atoms with E-state index in [-0.39, 0.29) is 18.0 Å². The number of para-hydroxylation sites is 2. The van der Waals surface area contributed by atoms with Crippen LogP contribution >= 0.6 is 11.8 Å². The van der Waals surface area contributed by atoms with Gasteiger partial charge in [0.15, 0.2) is 5.17 Å². The minimum Gasteiger partial charge on any atom is -0.467 e. The molecule has 1 aliphatic rings. The number of furan rings is 1. The SMILES string of the molecule is Cc1cc(C=C2SC(=Nc3ccccc3)N(Cc3ccco3)C2=O)c(C)n1-n1c(C)nc2ccccc2c1=O. The molecule has 4 heterocycles. The number of carbonyl (C=O) groups excluding carboxylic acids is 1. The van der Waals surface area contributed by atoms with E-state index in [1.54, 1.807) is 28.0 Å². The Bertz CT molecular complexity index is 1830. The maximum absolute atomic E-state index is 13.6. The van der Waals surface area contributed by atoms with Crippen molar-refractivity contribution in [3.8, 4) is 0 Å². The van der Waals surface area contributed by atoms with Gasteiger partial charge in [0.05, 0.1) is 34.3 Å². The average Bonchev–Trinajstić information content (AvgIpc) is 3.62. The van der Waals surface area contributed by atoms with Gasteiger partial charge in [0.2, 0.25) is 0 Å². The second-order valence-electron chi connectivity index (χ2n) is 9.24. The second-order valence-corrected chi connectivity index (χ2v) is 10.3. The largest absolute Gasteiger partial charge is 0.467 e. The molecule has 0 radical (unpaired) electrons. The summed E-state index contributed by atoms with van der Waals surface area (Å²) < 4.78 is 8.96. The lowest BCUT2D eigenvalue weighted by molar-refractivity contribution is -0.122. The fourth-order valence-electron chi connectivity index (χ4n) is 4.74. The first-order valence-corrected chi connectivity index (χ1v) is 13.3. The molecule has 1 fully saturated rings. The Kier molecular flexibility index (Phi) is 6.28. The first kappa shape index (κ1) is 24.7. The third-order valence-corrected chi connectivity index (χ3v) is 7.61. The zero-order valence-electron chi connectivity index (χ0n) is 21.7. The lowest BCUT2D eigenvalue weighted by Crippen LogP contribution is -2.30. The minimum atomic E-state index is -0.156. The molecule has 0 N–H and O–H groups in total. The number of amides is 1. The zero-order valence-corrected chi connectivity index (χ0v) is 22.5. The predicted molar refractivity (Wildman–Crippen MR) is 154 cm³/mol. The Morgan fingerprint density at radius 3 is 2.49 bits per heavy atom. The summed E-state index contributed by atoms with van der Waals surface area (Å²) >= 11 is 1.32. The number of amidine groups is 1. The lowest BCUT2D eigenvalue weighted by atomic mass is 10.2. The van der Waals surface area contributed by atoms with Crippen LogP contribution in [0.1, 0.15) is 28.5 Å². The molecule has 39 heavy (non-hydrogen) atoms. The highest BCUT2D eigenvalue weighted by Crippen LogP contribution is 2.36. The van der Waals surface area contributed by atoms with Crippen molar-refractivity contribution < 1.29 is 9.21 Å². The molecule has 194 valence electrons. The quantitative estimate of drug-likeness (QED) is 0.264. The standard InChI is InChI=1S/C30H25N5O3S/c1-19-16-22(20(2)34(19)35-21(3)31-26-14-8-7-13-25(26)28(35)36)17-27-29(37)33(18-24-12-9-15-38-24)30(39-27)32-23-10-5-4-6-11-23/h4-17H,18H2,1-3H3. The van der Waals surface area contributed by atoms with Crippen LogP contribution in [0.4, 0.5) is 5.69 Å². The summed E-state index contributed by atoms with van der Waals surface area (Å²) in [6.07, 6.45) is 3.46. The second kappa shape index (κ2) is 9.92. The summed E-state index contributed by atoms with van der Waals surface area (Å²) in [5.41, 5.74) is 3.78. The molecule has 0 unspecified atom stereocenters. The number of aliphatic imine (C=N–C) groups is 1. The maximum atomic E-state index is 13.6. The van der Waals surface area contributed by atoms with Crippen LogP contribution in [0.2, 0.25) is 0 Å². The molecule has 2 aromatic carbocycles. The first-order chi connectivity index (χ1) is 18.9. The summed E-state index contributed by atoms with van der Waals surface area (Å²) in [4.78, 5) is 38.6. The number of fused-ring (bicyclic) bond motifs is 1. The van der Waals surface area contributed by atoms with Crippen molar-refractivity contribution in [1.29, 1.82) is 0 Å². The summed E-state index contributed by atoms with van der Waals surface area (Å²) in [5, 5.41) is 1.13. The van der Waals surface area contributed by atoms with Crippen molar-refractivity contribution in [3.05, 3.63) is 123 Å². The van der Waals surface area contributed by atoms with Crippen LogP contribution in [0, 0.1) is 20.8 Å². The van der Waals surface area contributed by atoms with Gasteiger partial charge in [-0.15, -0.1) is 0 Å². The number of nitrogens with zero attached hydrogens (tertiary/aromatic N) is 5. The van der Waals surface area contributed by atoms with Gasteiger partial charge >= 0.3 is 0 Å². The summed E-state index contributed by atoms with van der Waals surface area (Å²) in [7, 11) is 0. The molecule has 1 amide bonds. The summed E-state index contributed by atoms with van der Waals surface area (Å²) in [6, 6.07) is 22.5. The van der Waals surface area contributed by atoms with Crippen LogP contribution in [0.3, 0.4) is 0 Å². The molecular weight excluding hydrogens is 510 g/mol. The van der Waals surface area contributed by atoms with E-state index in [2.05, 4.69) is 4.98 Å². The average molecular weight is 536 g/mol. The normalized spacial score (nSPS) is 15.8. The van der Waals surface area contributed by atoms with E-state index >= 15 is 0 Å². The van der Waals surface area contributed by atoms with Crippen molar-refractivity contribution >= 4 is 45.5 Å². The Balaban J connectivity index is 1.42. The number of hydrogen-bond donors (Lipinski definition) is 0. The van der Waals surface area contributed by atoms with Crippen molar-refractivity contribution in [1.82, 2.24) is 19.2 Å². The number of hydrogen-bond acceptors (Lipinski definition) is 6. The monoisotopic (exact) mass is 535 g/mol. The highest BCUT2D eigenvalue weighted by molar-refractivity contribution is 8.18. The predicted octanol–water partition coefficient (Wildman–Crippen LogP) is 5.83. The molecule has 6 rings (SSSR count). The van der Waals surface area contributed by atoms with Gasteiger partial charge in [-0.1, -0.05) is 30.3 Å². The van der Waals surface area contributed by atoms with Gasteiger partial charge in [0.1, 0.15) is 11.6 Å². The number of benzene rings is 2. The zero-order chi connectivity index (χ0) is 27.1. The van der Waals surface area contributed by atoms with E-state index in [1.807, 2.05) is 92.2 Å². The molecule has 9 heteroatoms. The first-order valence-electron chi connectivity index (χ1n) is 12.5. The molecule has 0 saturated carbocycles. The van der Waals surface area contributed by atoms with Crippen molar-refractivity contribution in [2.45, 2.75) is 27.3 Å². The highest BCUT2D eigenvalue weighted by atomic mass is 32.2. The van der Waals surface area contributed by atoms with E-state index in [0.717, 1.165) is 22.6 Å². The fourth-order valence-corrected chi connectivity index (χ4v) is 5.73. The lowest BCUT2D eigenvalue weighted by Gasteiger charge is -2.16. The van der Waals surface area contributed by atoms with Crippen LogP contribution < -0.4 is 5.56 Å². The molecule has 8 nitrogen and oxygen atoms in total. The molecule has 0 aliphatic carbocycles. The molecule has 0 bridgehead atoms. The van der Waals surface area contributed by atoms with E-state index in [0.29, 0.717) is 32.6 Å². The molecule has 1 aliphatic heterocycles. The molecule has 3 aromatic heterocycles. The van der Waals surface area contributed by atoms with E-state index in [9.17, 15) is 9.59 Å². The number of aromatic nitrogens is 3. The van der Waals surface area contributed by atoms with Crippen LogP contribution in [0.15, 0.2) is 98.2 Å². The molecule has 1 saturated heterocycles. The van der Waals surface area contributed by atoms with Crippen molar-refractivity contribution in [2.24, 2.45) is 4.99 Å². The third-order valence-electron chi connectivity index (χ3n) is 6.60. The van der Waals surface area contributed by atoms with Crippen LogP contribution in [-0.4, -0.2) is 30.3 Å². The molecule has 0 spiro atoms. The van der Waals surface area contributed by atoms with Crippen molar-refractivity contribution in [2.75, 3.05) is 0 Å². The summed E-state index contributed by atoms with van der Waals surface area (Å²) in [6.45, 7) is 5.97. The van der Waals surface area contributed by atoms with Gasteiger partial charge < -0.3 is 4.42 Å². The number of rotatable bonds is 5. The molecule has 5 aromatic rings. The Hall–Kier alpha value is -4.63. The Morgan fingerprint density at radius 2 is 1.72 bits per heavy atom. The Morgan fingerprint density at radius 1 is 0.949 bits per heavy atom. The molecule has 0 atom stereocenters. The van der Waals surface area contributed by atoms with Gasteiger partial charge in [0, 0.05) is 11.4 Å². The minimum absolute atomic E-state index is 0.146. The number of thioether (sulfide) groups is 1. The molecular formula is C30H25N5O3S. The smallest absolute Gasteiger partial charge is 0.280 e. The summed E-state index contributed by atoms with van der Waals surface area (Å²) in [5.74, 6) is 1.09. The van der Waals surface area contributed by atoms with Gasteiger partial charge in [-0.25, -0.2) is 9.98 Å². The maximum Gasteiger partial charge on any atom is 0.280 e. The fraction of sp³-hybridized carbons (Fsp3) is 0.133.